The van der Waals surface area contributed by atoms with Crippen molar-refractivity contribution in [1.82, 2.24) is 5.32 Å². The van der Waals surface area contributed by atoms with E-state index in [1.54, 1.807) is 0 Å². The predicted octanol–water partition coefficient (Wildman–Crippen LogP) is 5.93. The van der Waals surface area contributed by atoms with Gasteiger partial charge in [-0.2, -0.15) is 0 Å². The van der Waals surface area contributed by atoms with Crippen LogP contribution in [0.4, 0.5) is 0 Å². The average Bonchev–Trinajstić information content (AvgIpc) is 3.25. The number of benzene rings is 3. The molecule has 3 heteroatoms. The second kappa shape index (κ2) is 9.44. The van der Waals surface area contributed by atoms with Crippen molar-refractivity contribution in [2.45, 2.75) is 57.0 Å². The van der Waals surface area contributed by atoms with E-state index in [0.717, 1.165) is 6.42 Å². The van der Waals surface area contributed by atoms with E-state index in [-0.39, 0.29) is 5.97 Å². The van der Waals surface area contributed by atoms with E-state index in [0.29, 0.717) is 24.4 Å². The van der Waals surface area contributed by atoms with Crippen molar-refractivity contribution in [2.24, 2.45) is 0 Å². The topological polar surface area (TPSA) is 38.3 Å². The third-order valence-corrected chi connectivity index (χ3v) is 6.50. The van der Waals surface area contributed by atoms with Gasteiger partial charge < -0.3 is 10.1 Å². The minimum absolute atomic E-state index is 0.149. The first-order valence-electron chi connectivity index (χ1n) is 11.0. The molecule has 3 aromatic carbocycles. The number of rotatable bonds is 7. The number of fused-ring (bicyclic) bond motifs is 1. The molecule has 1 aliphatic rings. The van der Waals surface area contributed by atoms with Gasteiger partial charge >= 0.3 is 5.97 Å². The van der Waals surface area contributed by atoms with Crippen molar-refractivity contribution in [3.8, 4) is 0 Å². The first-order valence-corrected chi connectivity index (χ1v) is 11.0. The standard InChI is InChI=1S/C27H31NO2/c1-19(25-9-5-7-22-6-3-4-8-26(22)25)28-24-16-15-23(18-24)21-13-10-20(11-14-21)12-17-27(29)30-2/h3-11,13-14,19,23-24,28H,12,15-18H2,1-2H3/t19-,23-,24-/m1/s1. The van der Waals surface area contributed by atoms with Crippen LogP contribution in [0, 0.1) is 0 Å². The van der Waals surface area contributed by atoms with Crippen LogP contribution in [0.3, 0.4) is 0 Å². The van der Waals surface area contributed by atoms with Crippen LogP contribution in [0.25, 0.3) is 10.8 Å². The summed E-state index contributed by atoms with van der Waals surface area (Å²) in [6.07, 6.45) is 4.80. The lowest BCUT2D eigenvalue weighted by atomic mass is 9.95. The highest BCUT2D eigenvalue weighted by molar-refractivity contribution is 5.86. The zero-order valence-corrected chi connectivity index (χ0v) is 17.9. The minimum atomic E-state index is -0.149. The van der Waals surface area contributed by atoms with E-state index in [1.807, 2.05) is 0 Å². The van der Waals surface area contributed by atoms with Gasteiger partial charge in [0, 0.05) is 18.5 Å². The van der Waals surface area contributed by atoms with Gasteiger partial charge in [0.2, 0.25) is 0 Å². The van der Waals surface area contributed by atoms with E-state index >= 15 is 0 Å². The highest BCUT2D eigenvalue weighted by Crippen LogP contribution is 2.36. The third-order valence-electron chi connectivity index (χ3n) is 6.50. The summed E-state index contributed by atoms with van der Waals surface area (Å²) in [6, 6.07) is 24.9. The summed E-state index contributed by atoms with van der Waals surface area (Å²) < 4.78 is 4.73. The largest absolute Gasteiger partial charge is 0.469 e. The van der Waals surface area contributed by atoms with Crippen molar-refractivity contribution in [2.75, 3.05) is 7.11 Å². The van der Waals surface area contributed by atoms with Gasteiger partial charge in [-0.3, -0.25) is 4.79 Å². The third kappa shape index (κ3) is 4.73. The molecule has 0 aliphatic heterocycles. The van der Waals surface area contributed by atoms with Crippen molar-refractivity contribution in [1.29, 1.82) is 0 Å². The fourth-order valence-corrected chi connectivity index (χ4v) is 4.81. The molecule has 0 unspecified atom stereocenters. The molecule has 30 heavy (non-hydrogen) atoms. The lowest BCUT2D eigenvalue weighted by Gasteiger charge is -2.21. The SMILES string of the molecule is COC(=O)CCc1ccc([C@@H]2CC[C@@H](N[C@H](C)c3cccc4ccccc34)C2)cc1. The lowest BCUT2D eigenvalue weighted by Crippen LogP contribution is -2.29. The Labute approximate surface area is 179 Å². The number of nitrogens with one attached hydrogen (secondary N) is 1. The molecule has 0 bridgehead atoms. The smallest absolute Gasteiger partial charge is 0.305 e. The molecule has 0 spiro atoms. The van der Waals surface area contributed by atoms with Gasteiger partial charge in [-0.25, -0.2) is 0 Å². The van der Waals surface area contributed by atoms with Crippen molar-refractivity contribution in [3.05, 3.63) is 83.4 Å². The first kappa shape index (κ1) is 20.6. The quantitative estimate of drug-likeness (QED) is 0.499. The van der Waals surface area contributed by atoms with Gasteiger partial charge in [-0.15, -0.1) is 0 Å². The number of aryl methyl sites for hydroxylation is 1. The Bertz CT molecular complexity index is 990. The zero-order valence-electron chi connectivity index (χ0n) is 17.9. The van der Waals surface area contributed by atoms with Crippen LogP contribution < -0.4 is 5.32 Å². The van der Waals surface area contributed by atoms with Crippen molar-refractivity contribution in [3.63, 3.8) is 0 Å². The summed E-state index contributed by atoms with van der Waals surface area (Å²) in [5.74, 6) is 0.459. The molecule has 4 rings (SSSR count). The lowest BCUT2D eigenvalue weighted by molar-refractivity contribution is -0.140. The summed E-state index contributed by atoms with van der Waals surface area (Å²) in [5.41, 5.74) is 3.99. The molecule has 1 N–H and O–H groups in total. The van der Waals surface area contributed by atoms with Crippen LogP contribution in [0.1, 0.15) is 61.3 Å². The number of hydrogen-bond acceptors (Lipinski definition) is 3. The molecule has 0 heterocycles. The van der Waals surface area contributed by atoms with Crippen LogP contribution >= 0.6 is 0 Å². The number of ether oxygens (including phenoxy) is 1. The summed E-state index contributed by atoms with van der Waals surface area (Å²) in [4.78, 5) is 11.3. The van der Waals surface area contributed by atoms with Crippen LogP contribution in [0.5, 0.6) is 0 Å². The summed E-state index contributed by atoms with van der Waals surface area (Å²) >= 11 is 0. The highest BCUT2D eigenvalue weighted by atomic mass is 16.5. The molecule has 1 fully saturated rings. The maximum absolute atomic E-state index is 11.3. The Balaban J connectivity index is 1.35. The summed E-state index contributed by atoms with van der Waals surface area (Å²) in [6.45, 7) is 2.28. The molecular formula is C27H31NO2. The van der Waals surface area contributed by atoms with E-state index in [2.05, 4.69) is 79.0 Å². The molecule has 0 saturated heterocycles. The number of carbonyl (C=O) groups excluding carboxylic acids is 1. The van der Waals surface area contributed by atoms with E-state index in [4.69, 9.17) is 4.74 Å². The predicted molar refractivity (Wildman–Crippen MR) is 123 cm³/mol. The van der Waals surface area contributed by atoms with Crippen molar-refractivity contribution < 1.29 is 9.53 Å². The Kier molecular flexibility index (Phi) is 6.49. The highest BCUT2D eigenvalue weighted by Gasteiger charge is 2.27. The molecule has 1 aliphatic carbocycles. The monoisotopic (exact) mass is 401 g/mol. The Morgan fingerprint density at radius 2 is 1.80 bits per heavy atom. The fourth-order valence-electron chi connectivity index (χ4n) is 4.81. The van der Waals surface area contributed by atoms with E-state index in [9.17, 15) is 4.79 Å². The summed E-state index contributed by atoms with van der Waals surface area (Å²) in [7, 11) is 1.44. The van der Waals surface area contributed by atoms with Gasteiger partial charge in [0.05, 0.1) is 7.11 Å². The average molecular weight is 402 g/mol. The van der Waals surface area contributed by atoms with Crippen LogP contribution in [0.15, 0.2) is 66.7 Å². The second-order valence-corrected chi connectivity index (χ2v) is 8.48. The molecule has 1 saturated carbocycles. The molecule has 0 amide bonds. The van der Waals surface area contributed by atoms with Gasteiger partial charge in [0.15, 0.2) is 0 Å². The Hall–Kier alpha value is -2.65. The number of esters is 1. The summed E-state index contributed by atoms with van der Waals surface area (Å²) in [5, 5.41) is 6.54. The molecule has 156 valence electrons. The number of methoxy groups -OCH3 is 1. The Morgan fingerprint density at radius 1 is 1.03 bits per heavy atom. The molecule has 3 atom stereocenters. The number of carbonyl (C=O) groups is 1. The zero-order chi connectivity index (χ0) is 20.9. The molecule has 3 nitrogen and oxygen atoms in total. The molecule has 0 aromatic heterocycles. The molecular weight excluding hydrogens is 370 g/mol. The minimum Gasteiger partial charge on any atom is -0.469 e. The van der Waals surface area contributed by atoms with Gasteiger partial charge in [0.1, 0.15) is 0 Å². The maximum atomic E-state index is 11.3. The van der Waals surface area contributed by atoms with E-state index < -0.39 is 0 Å². The first-order chi connectivity index (χ1) is 14.6. The normalized spacial score (nSPS) is 19.7. The maximum Gasteiger partial charge on any atom is 0.305 e. The van der Waals surface area contributed by atoms with Crippen molar-refractivity contribution >= 4 is 16.7 Å². The van der Waals surface area contributed by atoms with Crippen LogP contribution in [-0.4, -0.2) is 19.1 Å². The van der Waals surface area contributed by atoms with Crippen LogP contribution in [-0.2, 0) is 16.0 Å². The van der Waals surface area contributed by atoms with Crippen LogP contribution in [0.2, 0.25) is 0 Å². The fraction of sp³-hybridized carbons (Fsp3) is 0.370. The van der Waals surface area contributed by atoms with Gasteiger partial charge in [0.25, 0.3) is 0 Å². The van der Waals surface area contributed by atoms with Gasteiger partial charge in [-0.05, 0) is 66.0 Å². The number of hydrogen-bond donors (Lipinski definition) is 1. The Morgan fingerprint density at radius 3 is 2.60 bits per heavy atom. The second-order valence-electron chi connectivity index (χ2n) is 8.48. The molecule has 3 aromatic rings. The van der Waals surface area contributed by atoms with E-state index in [1.165, 1.54) is 53.8 Å². The molecule has 0 radical (unpaired) electrons. The van der Waals surface area contributed by atoms with Gasteiger partial charge in [-0.1, -0.05) is 66.7 Å².